The first-order valence-electron chi connectivity index (χ1n) is 4.65. The fourth-order valence-corrected chi connectivity index (χ4v) is 1.65. The summed E-state index contributed by atoms with van der Waals surface area (Å²) in [6.45, 7) is 4.61. The molecule has 0 bridgehead atoms. The number of carbonyl (C=O) groups excluding carboxylic acids is 1. The van der Waals surface area contributed by atoms with Gasteiger partial charge in [-0.15, -0.1) is 0 Å². The predicted octanol–water partition coefficient (Wildman–Crippen LogP) is 2.02. The van der Waals surface area contributed by atoms with E-state index in [1.807, 2.05) is 20.9 Å². The second-order valence-electron chi connectivity index (χ2n) is 3.19. The lowest BCUT2D eigenvalue weighted by Gasteiger charge is -2.40. The number of hydrogen-bond acceptors (Lipinski definition) is 2. The Morgan fingerprint density at radius 3 is 2.17 bits per heavy atom. The van der Waals surface area contributed by atoms with Crippen molar-refractivity contribution in [2.24, 2.45) is 0 Å². The molecule has 1 saturated heterocycles. The van der Waals surface area contributed by atoms with Gasteiger partial charge in [-0.25, -0.2) is 4.79 Å². The minimum Gasteiger partial charge on any atom is -0.447 e. The molecule has 70 valence electrons. The van der Waals surface area contributed by atoms with Crippen LogP contribution < -0.4 is 0 Å². The van der Waals surface area contributed by atoms with Crippen LogP contribution in [0.2, 0.25) is 0 Å². The second kappa shape index (κ2) is 3.33. The van der Waals surface area contributed by atoms with Gasteiger partial charge in [-0.2, -0.15) is 0 Å². The molecule has 0 radical (unpaired) electrons. The van der Waals surface area contributed by atoms with E-state index >= 15 is 0 Å². The Bertz CT molecular complexity index is 175. The average molecular weight is 171 g/mol. The Hall–Kier alpha value is -0.730. The quantitative estimate of drug-likeness (QED) is 0.558. The molecule has 1 saturated carbocycles. The maximum absolute atomic E-state index is 10.9. The van der Waals surface area contributed by atoms with Crippen molar-refractivity contribution in [2.75, 3.05) is 13.7 Å². The lowest BCUT2D eigenvalue weighted by Crippen LogP contribution is -2.50. The van der Waals surface area contributed by atoms with E-state index in [4.69, 9.17) is 4.74 Å². The molecule has 0 unspecified atom stereocenters. The zero-order valence-electron chi connectivity index (χ0n) is 8.09. The molecule has 1 aliphatic heterocycles. The first-order valence-corrected chi connectivity index (χ1v) is 4.65. The molecule has 2 aliphatic rings. The molecule has 0 atom stereocenters. The number of cyclic esters (lactones) is 1. The molecule has 0 aromatic heterocycles. The molecule has 1 heterocycles. The normalized spacial score (nSPS) is 24.2. The first-order chi connectivity index (χ1) is 5.75. The molecule has 0 aromatic carbocycles. The van der Waals surface area contributed by atoms with E-state index in [1.54, 1.807) is 4.90 Å². The predicted molar refractivity (Wildman–Crippen MR) is 47.0 cm³/mol. The first kappa shape index (κ1) is 9.36. The summed E-state index contributed by atoms with van der Waals surface area (Å²) in [5.74, 6) is 0. The molecule has 1 spiro atoms. The molecule has 3 heteroatoms. The maximum atomic E-state index is 10.9. The van der Waals surface area contributed by atoms with Crippen LogP contribution in [0.15, 0.2) is 0 Å². The largest absolute Gasteiger partial charge is 0.447 e. The van der Waals surface area contributed by atoms with Gasteiger partial charge in [0.15, 0.2) is 0 Å². The number of ether oxygens (including phenoxy) is 1. The van der Waals surface area contributed by atoms with Crippen molar-refractivity contribution >= 4 is 6.09 Å². The molecule has 0 N–H and O–H groups in total. The van der Waals surface area contributed by atoms with Gasteiger partial charge < -0.3 is 9.64 Å². The summed E-state index contributed by atoms with van der Waals surface area (Å²) in [6.07, 6.45) is 3.32. The van der Waals surface area contributed by atoms with Crippen LogP contribution in [-0.2, 0) is 4.74 Å². The highest BCUT2D eigenvalue weighted by Crippen LogP contribution is 2.40. The zero-order valence-corrected chi connectivity index (χ0v) is 8.09. The third-order valence-corrected chi connectivity index (χ3v) is 2.73. The van der Waals surface area contributed by atoms with Gasteiger partial charge >= 0.3 is 6.09 Å². The summed E-state index contributed by atoms with van der Waals surface area (Å²) in [5.41, 5.74) is 0.108. The van der Waals surface area contributed by atoms with Gasteiger partial charge in [0, 0.05) is 7.05 Å². The number of amides is 1. The van der Waals surface area contributed by atoms with E-state index in [1.165, 1.54) is 6.42 Å². The molecular formula is C9H17NO2. The van der Waals surface area contributed by atoms with Crippen molar-refractivity contribution in [3.63, 3.8) is 0 Å². The Labute approximate surface area is 73.7 Å². The number of hydrogen-bond donors (Lipinski definition) is 0. The zero-order chi connectivity index (χ0) is 9.19. The Balaban J connectivity index is 0.000000336. The molecule has 1 aliphatic carbocycles. The van der Waals surface area contributed by atoms with E-state index in [0.717, 1.165) is 12.8 Å². The summed E-state index contributed by atoms with van der Waals surface area (Å²) in [5, 5.41) is 0. The van der Waals surface area contributed by atoms with Gasteiger partial charge in [0.2, 0.25) is 0 Å². The third-order valence-electron chi connectivity index (χ3n) is 2.73. The SMILES string of the molecule is CC.CN1C(=O)OCC12CCC2. The van der Waals surface area contributed by atoms with E-state index in [9.17, 15) is 4.79 Å². The lowest BCUT2D eigenvalue weighted by atomic mass is 9.77. The van der Waals surface area contributed by atoms with E-state index in [-0.39, 0.29) is 11.6 Å². The van der Waals surface area contributed by atoms with E-state index in [0.29, 0.717) is 6.61 Å². The second-order valence-corrected chi connectivity index (χ2v) is 3.19. The number of nitrogens with zero attached hydrogens (tertiary/aromatic N) is 1. The number of likely N-dealkylation sites (N-methyl/N-ethyl adjacent to an activating group) is 1. The maximum Gasteiger partial charge on any atom is 0.410 e. The smallest absolute Gasteiger partial charge is 0.410 e. The summed E-state index contributed by atoms with van der Waals surface area (Å²) in [6, 6.07) is 0. The highest BCUT2D eigenvalue weighted by Gasteiger charge is 2.49. The van der Waals surface area contributed by atoms with Gasteiger partial charge in [-0.05, 0) is 19.3 Å². The lowest BCUT2D eigenvalue weighted by molar-refractivity contribution is 0.100. The van der Waals surface area contributed by atoms with Crippen LogP contribution in [0.25, 0.3) is 0 Å². The minimum absolute atomic E-state index is 0.108. The van der Waals surface area contributed by atoms with Crippen LogP contribution in [-0.4, -0.2) is 30.2 Å². The minimum atomic E-state index is -0.153. The van der Waals surface area contributed by atoms with Gasteiger partial charge in [0.25, 0.3) is 0 Å². The number of rotatable bonds is 0. The van der Waals surface area contributed by atoms with Crippen LogP contribution in [0.4, 0.5) is 4.79 Å². The Morgan fingerprint density at radius 2 is 2.00 bits per heavy atom. The van der Waals surface area contributed by atoms with Crippen LogP contribution in [0.5, 0.6) is 0 Å². The molecule has 12 heavy (non-hydrogen) atoms. The summed E-state index contributed by atoms with van der Waals surface area (Å²) in [4.78, 5) is 12.6. The van der Waals surface area contributed by atoms with Gasteiger partial charge in [-0.3, -0.25) is 0 Å². The van der Waals surface area contributed by atoms with Crippen LogP contribution in [0.1, 0.15) is 33.1 Å². The van der Waals surface area contributed by atoms with E-state index in [2.05, 4.69) is 0 Å². The summed E-state index contributed by atoms with van der Waals surface area (Å²) >= 11 is 0. The molecular weight excluding hydrogens is 154 g/mol. The van der Waals surface area contributed by atoms with Crippen LogP contribution >= 0.6 is 0 Å². The Kier molecular flexibility index (Phi) is 2.60. The monoisotopic (exact) mass is 171 g/mol. The Morgan fingerprint density at radius 1 is 1.42 bits per heavy atom. The number of carbonyl (C=O) groups is 1. The standard InChI is InChI=1S/C7H11NO2.C2H6/c1-8-6(9)10-5-7(8)3-2-4-7;1-2/h2-5H2,1H3;1-2H3. The van der Waals surface area contributed by atoms with E-state index < -0.39 is 0 Å². The highest BCUT2D eigenvalue weighted by molar-refractivity contribution is 5.71. The van der Waals surface area contributed by atoms with Crippen LogP contribution in [0.3, 0.4) is 0 Å². The third kappa shape index (κ3) is 1.17. The fraction of sp³-hybridized carbons (Fsp3) is 0.889. The van der Waals surface area contributed by atoms with Crippen molar-refractivity contribution in [1.29, 1.82) is 0 Å². The van der Waals surface area contributed by atoms with Gasteiger partial charge in [0.05, 0.1) is 5.54 Å². The molecule has 3 nitrogen and oxygen atoms in total. The molecule has 1 amide bonds. The molecule has 2 rings (SSSR count). The summed E-state index contributed by atoms with van der Waals surface area (Å²) < 4.78 is 4.91. The molecule has 2 fully saturated rings. The van der Waals surface area contributed by atoms with Crippen molar-refractivity contribution in [3.8, 4) is 0 Å². The highest BCUT2D eigenvalue weighted by atomic mass is 16.6. The van der Waals surface area contributed by atoms with Gasteiger partial charge in [-0.1, -0.05) is 13.8 Å². The van der Waals surface area contributed by atoms with Crippen molar-refractivity contribution < 1.29 is 9.53 Å². The topological polar surface area (TPSA) is 29.5 Å². The van der Waals surface area contributed by atoms with Crippen molar-refractivity contribution in [3.05, 3.63) is 0 Å². The summed E-state index contributed by atoms with van der Waals surface area (Å²) in [7, 11) is 1.83. The average Bonchev–Trinajstić information content (AvgIpc) is 2.33. The molecule has 0 aromatic rings. The van der Waals surface area contributed by atoms with Crippen molar-refractivity contribution in [2.45, 2.75) is 38.6 Å². The fourth-order valence-electron chi connectivity index (χ4n) is 1.65. The van der Waals surface area contributed by atoms with Crippen molar-refractivity contribution in [1.82, 2.24) is 4.90 Å². The van der Waals surface area contributed by atoms with Crippen LogP contribution in [0, 0.1) is 0 Å². The van der Waals surface area contributed by atoms with Gasteiger partial charge in [0.1, 0.15) is 6.61 Å².